The first-order valence-corrected chi connectivity index (χ1v) is 10.2. The highest BCUT2D eigenvalue weighted by molar-refractivity contribution is 6.21. The Morgan fingerprint density at radius 3 is 2.10 bits per heavy atom. The quantitative estimate of drug-likeness (QED) is 0.737. The van der Waals surface area contributed by atoms with E-state index in [9.17, 15) is 14.4 Å². The van der Waals surface area contributed by atoms with Gasteiger partial charge >= 0.3 is 0 Å². The normalized spacial score (nSPS) is 17.4. The van der Waals surface area contributed by atoms with E-state index in [0.29, 0.717) is 17.7 Å². The number of benzene rings is 2. The molecule has 6 nitrogen and oxygen atoms in total. The topological polar surface area (TPSA) is 69.7 Å². The summed E-state index contributed by atoms with van der Waals surface area (Å²) in [6.07, 6.45) is 2.46. The van der Waals surface area contributed by atoms with Crippen molar-refractivity contribution in [1.29, 1.82) is 0 Å². The number of nitrogens with one attached hydrogen (secondary N) is 1. The van der Waals surface area contributed by atoms with Crippen molar-refractivity contribution < 1.29 is 14.4 Å². The Kier molecular flexibility index (Phi) is 5.71. The van der Waals surface area contributed by atoms with Crippen LogP contribution in [0.4, 0.5) is 0 Å². The van der Waals surface area contributed by atoms with Gasteiger partial charge < -0.3 is 5.32 Å². The van der Waals surface area contributed by atoms with Gasteiger partial charge in [-0.05, 0) is 43.6 Å². The van der Waals surface area contributed by atoms with Crippen LogP contribution in [0, 0.1) is 0 Å². The SMILES string of the molecule is O=C(CCN1C(=O)c2ccccc2C1=O)NCC(c1ccccc1)N1CCCC1. The lowest BCUT2D eigenvalue weighted by Crippen LogP contribution is -2.39. The minimum Gasteiger partial charge on any atom is -0.354 e. The largest absolute Gasteiger partial charge is 0.354 e. The summed E-state index contributed by atoms with van der Waals surface area (Å²) in [7, 11) is 0. The van der Waals surface area contributed by atoms with Gasteiger partial charge in [0.25, 0.3) is 11.8 Å². The maximum absolute atomic E-state index is 12.5. The number of amides is 3. The van der Waals surface area contributed by atoms with Crippen LogP contribution in [0.15, 0.2) is 54.6 Å². The molecule has 1 fully saturated rings. The molecule has 2 aliphatic rings. The fraction of sp³-hybridized carbons (Fsp3) is 0.348. The lowest BCUT2D eigenvalue weighted by Gasteiger charge is -2.28. The van der Waals surface area contributed by atoms with Crippen molar-refractivity contribution in [3.63, 3.8) is 0 Å². The van der Waals surface area contributed by atoms with Gasteiger partial charge in [0.15, 0.2) is 0 Å². The van der Waals surface area contributed by atoms with E-state index in [1.807, 2.05) is 18.2 Å². The molecular weight excluding hydrogens is 366 g/mol. The fourth-order valence-electron chi connectivity index (χ4n) is 4.14. The van der Waals surface area contributed by atoms with Crippen molar-refractivity contribution in [2.75, 3.05) is 26.2 Å². The van der Waals surface area contributed by atoms with Crippen LogP contribution in [-0.2, 0) is 4.79 Å². The summed E-state index contributed by atoms with van der Waals surface area (Å²) >= 11 is 0. The Hall–Kier alpha value is -2.99. The maximum Gasteiger partial charge on any atom is 0.261 e. The summed E-state index contributed by atoms with van der Waals surface area (Å²) in [5.41, 5.74) is 2.02. The van der Waals surface area contributed by atoms with E-state index in [4.69, 9.17) is 0 Å². The lowest BCUT2D eigenvalue weighted by atomic mass is 10.1. The zero-order valence-corrected chi connectivity index (χ0v) is 16.3. The maximum atomic E-state index is 12.5. The number of carbonyl (C=O) groups is 3. The smallest absolute Gasteiger partial charge is 0.261 e. The van der Waals surface area contributed by atoms with Crippen molar-refractivity contribution in [3.8, 4) is 0 Å². The van der Waals surface area contributed by atoms with Gasteiger partial charge in [-0.25, -0.2) is 0 Å². The third-order valence-electron chi connectivity index (χ3n) is 5.70. The van der Waals surface area contributed by atoms with E-state index in [1.165, 1.54) is 23.3 Å². The molecule has 2 aromatic carbocycles. The summed E-state index contributed by atoms with van der Waals surface area (Å²) in [6, 6.07) is 17.1. The fourth-order valence-corrected chi connectivity index (χ4v) is 4.14. The predicted octanol–water partition coefficient (Wildman–Crippen LogP) is 2.63. The number of fused-ring (bicyclic) bond motifs is 1. The number of nitrogens with zero attached hydrogens (tertiary/aromatic N) is 2. The molecule has 0 aliphatic carbocycles. The number of carbonyl (C=O) groups excluding carboxylic acids is 3. The van der Waals surface area contributed by atoms with Crippen molar-refractivity contribution in [1.82, 2.24) is 15.1 Å². The van der Waals surface area contributed by atoms with E-state index in [2.05, 4.69) is 22.3 Å². The zero-order chi connectivity index (χ0) is 20.2. The van der Waals surface area contributed by atoms with Crippen molar-refractivity contribution >= 4 is 17.7 Å². The van der Waals surface area contributed by atoms with Gasteiger partial charge in [0.05, 0.1) is 17.2 Å². The minimum absolute atomic E-state index is 0.0951. The predicted molar refractivity (Wildman–Crippen MR) is 109 cm³/mol. The van der Waals surface area contributed by atoms with Crippen LogP contribution in [0.2, 0.25) is 0 Å². The van der Waals surface area contributed by atoms with Crippen LogP contribution in [0.25, 0.3) is 0 Å². The Balaban J connectivity index is 1.34. The molecule has 2 heterocycles. The van der Waals surface area contributed by atoms with Crippen LogP contribution in [0.5, 0.6) is 0 Å². The summed E-state index contributed by atoms with van der Waals surface area (Å²) in [5, 5.41) is 3.00. The number of imide groups is 1. The summed E-state index contributed by atoms with van der Waals surface area (Å²) in [4.78, 5) is 40.8. The monoisotopic (exact) mass is 391 g/mol. The standard InChI is InChI=1S/C23H25N3O3/c27-21(12-15-26-22(28)18-10-4-5-11-19(18)23(26)29)24-16-20(25-13-6-7-14-25)17-8-2-1-3-9-17/h1-5,8-11,20H,6-7,12-16H2,(H,24,27). The summed E-state index contributed by atoms with van der Waals surface area (Å²) in [5.74, 6) is -0.794. The third-order valence-corrected chi connectivity index (χ3v) is 5.70. The number of hydrogen-bond donors (Lipinski definition) is 1. The average Bonchev–Trinajstić information content (AvgIpc) is 3.36. The van der Waals surface area contributed by atoms with Crippen LogP contribution >= 0.6 is 0 Å². The molecule has 0 saturated carbocycles. The molecule has 2 aromatic rings. The van der Waals surface area contributed by atoms with E-state index < -0.39 is 0 Å². The molecule has 1 saturated heterocycles. The molecular formula is C23H25N3O3. The van der Waals surface area contributed by atoms with Crippen molar-refractivity contribution in [2.45, 2.75) is 25.3 Å². The van der Waals surface area contributed by atoms with E-state index in [-0.39, 0.29) is 36.7 Å². The summed E-state index contributed by atoms with van der Waals surface area (Å²) < 4.78 is 0. The molecule has 0 radical (unpaired) electrons. The highest BCUT2D eigenvalue weighted by atomic mass is 16.2. The van der Waals surface area contributed by atoms with E-state index in [1.54, 1.807) is 24.3 Å². The van der Waals surface area contributed by atoms with Crippen LogP contribution in [0.3, 0.4) is 0 Å². The molecule has 150 valence electrons. The molecule has 6 heteroatoms. The van der Waals surface area contributed by atoms with Crippen LogP contribution < -0.4 is 5.32 Å². The molecule has 0 spiro atoms. The number of rotatable bonds is 7. The van der Waals surface area contributed by atoms with Crippen LogP contribution in [0.1, 0.15) is 51.6 Å². The molecule has 1 unspecified atom stereocenters. The van der Waals surface area contributed by atoms with Gasteiger partial charge in [-0.15, -0.1) is 0 Å². The first-order chi connectivity index (χ1) is 14.1. The highest BCUT2D eigenvalue weighted by Crippen LogP contribution is 2.25. The molecule has 4 rings (SSSR count). The molecule has 1 N–H and O–H groups in total. The number of likely N-dealkylation sites (tertiary alicyclic amines) is 1. The van der Waals surface area contributed by atoms with Gasteiger partial charge in [-0.2, -0.15) is 0 Å². The van der Waals surface area contributed by atoms with Gasteiger partial charge in [-0.3, -0.25) is 24.2 Å². The van der Waals surface area contributed by atoms with E-state index >= 15 is 0 Å². The Morgan fingerprint density at radius 2 is 1.48 bits per heavy atom. The second-order valence-electron chi connectivity index (χ2n) is 7.53. The second kappa shape index (κ2) is 8.57. The van der Waals surface area contributed by atoms with E-state index in [0.717, 1.165) is 13.1 Å². The Bertz CT molecular complexity index is 872. The Morgan fingerprint density at radius 1 is 0.897 bits per heavy atom. The molecule has 3 amide bonds. The van der Waals surface area contributed by atoms with Crippen molar-refractivity contribution in [2.24, 2.45) is 0 Å². The average molecular weight is 391 g/mol. The second-order valence-corrected chi connectivity index (χ2v) is 7.53. The van der Waals surface area contributed by atoms with Gasteiger partial charge in [-0.1, -0.05) is 42.5 Å². The first-order valence-electron chi connectivity index (χ1n) is 10.2. The van der Waals surface area contributed by atoms with Crippen molar-refractivity contribution in [3.05, 3.63) is 71.3 Å². The molecule has 29 heavy (non-hydrogen) atoms. The van der Waals surface area contributed by atoms with Gasteiger partial charge in [0.1, 0.15) is 0 Å². The molecule has 0 aromatic heterocycles. The third kappa shape index (κ3) is 4.07. The molecule has 0 bridgehead atoms. The molecule has 2 aliphatic heterocycles. The van der Waals surface area contributed by atoms with Gasteiger partial charge in [0, 0.05) is 19.5 Å². The van der Waals surface area contributed by atoms with Crippen LogP contribution in [-0.4, -0.2) is 53.7 Å². The number of hydrogen-bond acceptors (Lipinski definition) is 4. The van der Waals surface area contributed by atoms with Gasteiger partial charge in [0.2, 0.25) is 5.91 Å². The minimum atomic E-state index is -0.322. The molecule has 1 atom stereocenters. The highest BCUT2D eigenvalue weighted by Gasteiger charge is 2.35. The Labute approximate surface area is 170 Å². The zero-order valence-electron chi connectivity index (χ0n) is 16.3. The first kappa shape index (κ1) is 19.3. The summed E-state index contributed by atoms with van der Waals surface area (Å²) in [6.45, 7) is 2.68. The lowest BCUT2D eigenvalue weighted by molar-refractivity contribution is -0.121.